The first-order chi connectivity index (χ1) is 14.0. The highest BCUT2D eigenvalue weighted by Crippen LogP contribution is 2.32. The van der Waals surface area contributed by atoms with Gasteiger partial charge in [0.05, 0.1) is 12.7 Å². The van der Waals surface area contributed by atoms with Gasteiger partial charge >= 0.3 is 5.97 Å². The van der Waals surface area contributed by atoms with Crippen LogP contribution in [0.2, 0.25) is 0 Å². The summed E-state index contributed by atoms with van der Waals surface area (Å²) >= 11 is 0. The van der Waals surface area contributed by atoms with Gasteiger partial charge in [0, 0.05) is 23.6 Å². The van der Waals surface area contributed by atoms with E-state index in [0.29, 0.717) is 28.0 Å². The molecule has 1 atom stereocenters. The van der Waals surface area contributed by atoms with Gasteiger partial charge in [-0.3, -0.25) is 9.59 Å². The average Bonchev–Trinajstić information content (AvgIpc) is 3.32. The highest BCUT2D eigenvalue weighted by atomic mass is 16.7. The summed E-state index contributed by atoms with van der Waals surface area (Å²) in [4.78, 5) is 24.5. The van der Waals surface area contributed by atoms with Crippen LogP contribution >= 0.6 is 0 Å². The quantitative estimate of drug-likeness (QED) is 0.616. The summed E-state index contributed by atoms with van der Waals surface area (Å²) in [6.07, 6.45) is 0.450. The van der Waals surface area contributed by atoms with Crippen molar-refractivity contribution in [1.29, 1.82) is 0 Å². The maximum atomic E-state index is 12.2. The molecule has 2 N–H and O–H groups in total. The Hall–Kier alpha value is -3.68. The molecule has 0 fully saturated rings. The van der Waals surface area contributed by atoms with Gasteiger partial charge in [-0.15, -0.1) is 0 Å². The normalized spacial score (nSPS) is 13.3. The zero-order chi connectivity index (χ0) is 20.4. The Morgan fingerprint density at radius 1 is 1.17 bits per heavy atom. The summed E-state index contributed by atoms with van der Waals surface area (Å²) in [6, 6.07) is 10.0. The van der Waals surface area contributed by atoms with Gasteiger partial charge in [-0.1, -0.05) is 6.07 Å². The number of ether oxygens (including phenoxy) is 3. The smallest absolute Gasteiger partial charge is 0.311 e. The largest absolute Gasteiger partial charge is 0.508 e. The van der Waals surface area contributed by atoms with E-state index in [1.807, 2.05) is 6.07 Å². The Bertz CT molecular complexity index is 1070. The van der Waals surface area contributed by atoms with Crippen LogP contribution in [0.1, 0.15) is 18.1 Å². The van der Waals surface area contributed by atoms with Gasteiger partial charge in [0.25, 0.3) is 5.91 Å². The minimum atomic E-state index is -0.946. The standard InChI is InChI=1S/C21H19NO7/c1-12(21(25)22-9-13-2-5-17-19(6-13)28-11-27-17)29-20(24)7-14-10-26-18-8-15(23)3-4-16(14)18/h2-6,8,10,12,23H,7,9,11H2,1H3,(H,22,25)/t12-/m1/s1. The van der Waals surface area contributed by atoms with Gasteiger partial charge < -0.3 is 29.1 Å². The molecule has 8 heteroatoms. The van der Waals surface area contributed by atoms with Crippen LogP contribution < -0.4 is 14.8 Å². The number of furan rings is 1. The van der Waals surface area contributed by atoms with Gasteiger partial charge in [0.1, 0.15) is 11.3 Å². The first-order valence-electron chi connectivity index (χ1n) is 9.04. The molecule has 1 aromatic heterocycles. The molecule has 0 saturated heterocycles. The van der Waals surface area contributed by atoms with Crippen molar-refractivity contribution in [2.24, 2.45) is 0 Å². The van der Waals surface area contributed by atoms with Gasteiger partial charge in [0.15, 0.2) is 17.6 Å². The number of benzene rings is 2. The Morgan fingerprint density at radius 2 is 2.00 bits per heavy atom. The van der Waals surface area contributed by atoms with Crippen LogP contribution in [0.3, 0.4) is 0 Å². The van der Waals surface area contributed by atoms with Gasteiger partial charge in [-0.05, 0) is 36.8 Å². The maximum absolute atomic E-state index is 12.2. The number of amides is 1. The van der Waals surface area contributed by atoms with Crippen molar-refractivity contribution in [3.63, 3.8) is 0 Å². The summed E-state index contributed by atoms with van der Waals surface area (Å²) in [5.74, 6) is 0.430. The average molecular weight is 397 g/mol. The van der Waals surface area contributed by atoms with Gasteiger partial charge in [-0.2, -0.15) is 0 Å². The third-order valence-electron chi connectivity index (χ3n) is 4.56. The van der Waals surface area contributed by atoms with Crippen molar-refractivity contribution in [3.05, 3.63) is 53.8 Å². The molecular formula is C21H19NO7. The van der Waals surface area contributed by atoms with Crippen LogP contribution in [0.15, 0.2) is 47.1 Å². The van der Waals surface area contributed by atoms with E-state index >= 15 is 0 Å². The van der Waals surface area contributed by atoms with E-state index in [9.17, 15) is 14.7 Å². The first kappa shape index (κ1) is 18.7. The second-order valence-electron chi connectivity index (χ2n) is 6.66. The summed E-state index contributed by atoms with van der Waals surface area (Å²) < 4.78 is 21.1. The molecular weight excluding hydrogens is 378 g/mol. The van der Waals surface area contributed by atoms with Crippen LogP contribution in [0.4, 0.5) is 0 Å². The Balaban J connectivity index is 1.30. The molecule has 0 aliphatic carbocycles. The third-order valence-corrected chi connectivity index (χ3v) is 4.56. The number of aromatic hydroxyl groups is 1. The lowest BCUT2D eigenvalue weighted by molar-refractivity contribution is -0.154. The topological polar surface area (TPSA) is 107 Å². The zero-order valence-electron chi connectivity index (χ0n) is 15.6. The van der Waals surface area contributed by atoms with Crippen molar-refractivity contribution in [2.45, 2.75) is 26.0 Å². The number of phenols is 1. The lowest BCUT2D eigenvalue weighted by atomic mass is 10.1. The lowest BCUT2D eigenvalue weighted by Gasteiger charge is -2.13. The predicted molar refractivity (Wildman–Crippen MR) is 102 cm³/mol. The van der Waals surface area contributed by atoms with E-state index in [-0.39, 0.29) is 25.5 Å². The molecule has 1 aliphatic rings. The minimum absolute atomic E-state index is 0.0441. The van der Waals surface area contributed by atoms with E-state index in [1.54, 1.807) is 18.2 Å². The van der Waals surface area contributed by atoms with Crippen molar-refractivity contribution in [2.75, 3.05) is 6.79 Å². The van der Waals surface area contributed by atoms with E-state index in [1.165, 1.54) is 25.3 Å². The van der Waals surface area contributed by atoms with Crippen molar-refractivity contribution in [3.8, 4) is 17.2 Å². The SMILES string of the molecule is C[C@@H](OC(=O)Cc1coc2cc(O)ccc12)C(=O)NCc1ccc2c(c1)OCO2. The molecule has 0 spiro atoms. The Morgan fingerprint density at radius 3 is 2.86 bits per heavy atom. The number of carbonyl (C=O) groups excluding carboxylic acids is 2. The molecule has 150 valence electrons. The fourth-order valence-corrected chi connectivity index (χ4v) is 3.04. The number of carbonyl (C=O) groups is 2. The lowest BCUT2D eigenvalue weighted by Crippen LogP contribution is -2.35. The highest BCUT2D eigenvalue weighted by Gasteiger charge is 2.20. The van der Waals surface area contributed by atoms with Crippen LogP contribution in [0, 0.1) is 0 Å². The molecule has 1 amide bonds. The number of hydrogen-bond donors (Lipinski definition) is 2. The number of phenolic OH excluding ortho intramolecular Hbond substituents is 1. The molecule has 8 nitrogen and oxygen atoms in total. The second kappa shape index (κ2) is 7.75. The molecule has 0 bridgehead atoms. The van der Waals surface area contributed by atoms with Crippen LogP contribution in [-0.4, -0.2) is 29.9 Å². The number of esters is 1. The monoisotopic (exact) mass is 397 g/mol. The number of fused-ring (bicyclic) bond motifs is 2. The fourth-order valence-electron chi connectivity index (χ4n) is 3.04. The summed E-state index contributed by atoms with van der Waals surface area (Å²) in [6.45, 7) is 1.97. The van der Waals surface area contributed by atoms with E-state index in [0.717, 1.165) is 5.56 Å². The van der Waals surface area contributed by atoms with E-state index in [4.69, 9.17) is 18.6 Å². The second-order valence-corrected chi connectivity index (χ2v) is 6.66. The molecule has 0 radical (unpaired) electrons. The third kappa shape index (κ3) is 4.11. The van der Waals surface area contributed by atoms with Crippen LogP contribution in [-0.2, 0) is 27.3 Å². The van der Waals surface area contributed by atoms with E-state index in [2.05, 4.69) is 5.32 Å². The fraction of sp³-hybridized carbons (Fsp3) is 0.238. The minimum Gasteiger partial charge on any atom is -0.508 e. The van der Waals surface area contributed by atoms with Gasteiger partial charge in [0.2, 0.25) is 6.79 Å². The molecule has 0 saturated carbocycles. The predicted octanol–water partition coefficient (Wildman–Crippen LogP) is 2.66. The molecule has 1 aliphatic heterocycles. The van der Waals surface area contributed by atoms with Gasteiger partial charge in [-0.25, -0.2) is 0 Å². The van der Waals surface area contributed by atoms with Crippen molar-refractivity contribution >= 4 is 22.8 Å². The number of nitrogens with one attached hydrogen (secondary N) is 1. The molecule has 29 heavy (non-hydrogen) atoms. The molecule has 2 aromatic carbocycles. The summed E-state index contributed by atoms with van der Waals surface area (Å²) in [5, 5.41) is 12.9. The summed E-state index contributed by atoms with van der Waals surface area (Å²) in [5.41, 5.74) is 1.94. The summed E-state index contributed by atoms with van der Waals surface area (Å²) in [7, 11) is 0. The van der Waals surface area contributed by atoms with E-state index < -0.39 is 18.0 Å². The highest BCUT2D eigenvalue weighted by molar-refractivity contribution is 5.88. The molecule has 0 unspecified atom stereocenters. The molecule has 2 heterocycles. The van der Waals surface area contributed by atoms with Crippen LogP contribution in [0.5, 0.6) is 17.2 Å². The van der Waals surface area contributed by atoms with Crippen LogP contribution in [0.25, 0.3) is 11.0 Å². The molecule has 3 aromatic rings. The Labute approximate surface area is 166 Å². The maximum Gasteiger partial charge on any atom is 0.311 e. The number of rotatable bonds is 6. The number of hydrogen-bond acceptors (Lipinski definition) is 7. The van der Waals surface area contributed by atoms with Crippen molar-refractivity contribution < 1.29 is 33.3 Å². The first-order valence-corrected chi connectivity index (χ1v) is 9.04. The Kier molecular flexibility index (Phi) is 4.99. The van der Waals surface area contributed by atoms with Crippen molar-refractivity contribution in [1.82, 2.24) is 5.32 Å². The molecule has 4 rings (SSSR count). The zero-order valence-corrected chi connectivity index (χ0v) is 15.6.